The Morgan fingerprint density at radius 1 is 1.42 bits per heavy atom. The monoisotopic (exact) mass is 351 g/mol. The first-order valence-corrected chi connectivity index (χ1v) is 7.83. The summed E-state index contributed by atoms with van der Waals surface area (Å²) in [4.78, 5) is 0.0633. The Bertz CT molecular complexity index is 557. The van der Waals surface area contributed by atoms with Gasteiger partial charge in [0.15, 0.2) is 0 Å². The molecule has 0 radical (unpaired) electrons. The third-order valence-corrected chi connectivity index (χ3v) is 5.59. The highest BCUT2D eigenvalue weighted by molar-refractivity contribution is 9.10. The summed E-state index contributed by atoms with van der Waals surface area (Å²) in [7, 11) is -0.903. The lowest BCUT2D eigenvalue weighted by Gasteiger charge is -2.33. The van der Waals surface area contributed by atoms with Gasteiger partial charge in [-0.3, -0.25) is 0 Å². The Labute approximate surface area is 122 Å². The standard InChI is InChI=1S/C12H18BrNO4S/c1-12(2,8-15)14(3)19(16,17)11-7-9(13)5-6-10(11)18-4/h5-7,15H,8H2,1-4H3. The van der Waals surface area contributed by atoms with Gasteiger partial charge in [0, 0.05) is 11.5 Å². The minimum absolute atomic E-state index is 0.0633. The number of ether oxygens (including phenoxy) is 1. The minimum atomic E-state index is -3.76. The molecule has 5 nitrogen and oxygen atoms in total. The van der Waals surface area contributed by atoms with Crippen molar-refractivity contribution in [1.82, 2.24) is 4.31 Å². The highest BCUT2D eigenvalue weighted by Crippen LogP contribution is 2.31. The van der Waals surface area contributed by atoms with Crippen LogP contribution < -0.4 is 4.74 Å². The zero-order valence-corrected chi connectivity index (χ0v) is 13.7. The van der Waals surface area contributed by atoms with E-state index >= 15 is 0 Å². The van der Waals surface area contributed by atoms with Gasteiger partial charge in [-0.05, 0) is 32.0 Å². The highest BCUT2D eigenvalue weighted by atomic mass is 79.9. The fourth-order valence-corrected chi connectivity index (χ4v) is 3.62. The zero-order chi connectivity index (χ0) is 14.8. The van der Waals surface area contributed by atoms with Gasteiger partial charge in [-0.25, -0.2) is 8.42 Å². The first-order valence-electron chi connectivity index (χ1n) is 5.60. The van der Waals surface area contributed by atoms with Gasteiger partial charge in [0.05, 0.1) is 19.3 Å². The summed E-state index contributed by atoms with van der Waals surface area (Å²) in [5, 5.41) is 9.31. The van der Waals surface area contributed by atoms with Gasteiger partial charge in [-0.2, -0.15) is 4.31 Å². The quantitative estimate of drug-likeness (QED) is 0.878. The van der Waals surface area contributed by atoms with Gasteiger partial charge in [0.2, 0.25) is 10.0 Å². The molecule has 1 N–H and O–H groups in total. The number of methoxy groups -OCH3 is 1. The van der Waals surface area contributed by atoms with Crippen molar-refractivity contribution in [3.05, 3.63) is 22.7 Å². The van der Waals surface area contributed by atoms with E-state index in [0.717, 1.165) is 4.31 Å². The van der Waals surface area contributed by atoms with Crippen molar-refractivity contribution in [2.45, 2.75) is 24.3 Å². The van der Waals surface area contributed by atoms with E-state index in [-0.39, 0.29) is 17.3 Å². The Morgan fingerprint density at radius 2 is 2.00 bits per heavy atom. The maximum Gasteiger partial charge on any atom is 0.247 e. The molecule has 0 amide bonds. The molecule has 0 fully saturated rings. The lowest BCUT2D eigenvalue weighted by molar-refractivity contribution is 0.137. The number of hydrogen-bond acceptors (Lipinski definition) is 4. The predicted octanol–water partition coefficient (Wildman–Crippen LogP) is 1.85. The van der Waals surface area contributed by atoms with E-state index in [1.54, 1.807) is 26.0 Å². The average molecular weight is 352 g/mol. The largest absolute Gasteiger partial charge is 0.495 e. The maximum absolute atomic E-state index is 12.6. The molecule has 0 spiro atoms. The molecular weight excluding hydrogens is 334 g/mol. The molecule has 0 bridgehead atoms. The smallest absolute Gasteiger partial charge is 0.247 e. The second-order valence-electron chi connectivity index (χ2n) is 4.74. The molecule has 1 rings (SSSR count). The van der Waals surface area contributed by atoms with Crippen LogP contribution in [0.25, 0.3) is 0 Å². The predicted molar refractivity (Wildman–Crippen MR) is 76.8 cm³/mol. The van der Waals surface area contributed by atoms with Crippen LogP contribution in [0.5, 0.6) is 5.75 Å². The minimum Gasteiger partial charge on any atom is -0.495 e. The summed E-state index contributed by atoms with van der Waals surface area (Å²) in [6.07, 6.45) is 0. The summed E-state index contributed by atoms with van der Waals surface area (Å²) in [6, 6.07) is 4.77. The van der Waals surface area contributed by atoms with Crippen LogP contribution in [-0.4, -0.2) is 44.1 Å². The van der Waals surface area contributed by atoms with Crippen LogP contribution in [0.4, 0.5) is 0 Å². The topological polar surface area (TPSA) is 66.8 Å². The molecule has 0 aliphatic heterocycles. The Balaban J connectivity index is 3.39. The van der Waals surface area contributed by atoms with Crippen LogP contribution >= 0.6 is 15.9 Å². The van der Waals surface area contributed by atoms with Crippen LogP contribution in [-0.2, 0) is 10.0 Å². The molecule has 19 heavy (non-hydrogen) atoms. The summed E-state index contributed by atoms with van der Waals surface area (Å²) in [6.45, 7) is 3.02. The number of nitrogens with zero attached hydrogens (tertiary/aromatic N) is 1. The van der Waals surface area contributed by atoms with Crippen LogP contribution in [0.3, 0.4) is 0 Å². The molecule has 7 heteroatoms. The number of aliphatic hydroxyl groups excluding tert-OH is 1. The van der Waals surface area contributed by atoms with Gasteiger partial charge in [0.1, 0.15) is 10.6 Å². The van der Waals surface area contributed by atoms with Crippen molar-refractivity contribution < 1.29 is 18.3 Å². The summed E-state index contributed by atoms with van der Waals surface area (Å²) < 4.78 is 32.0. The molecule has 0 aliphatic carbocycles. The number of likely N-dealkylation sites (N-methyl/N-ethyl adjacent to an activating group) is 1. The Kier molecular flexibility index (Phi) is 5.00. The van der Waals surface area contributed by atoms with Gasteiger partial charge in [-0.15, -0.1) is 0 Å². The fraction of sp³-hybridized carbons (Fsp3) is 0.500. The van der Waals surface area contributed by atoms with Gasteiger partial charge >= 0.3 is 0 Å². The summed E-state index contributed by atoms with van der Waals surface area (Å²) in [5.74, 6) is 0.267. The molecule has 0 saturated heterocycles. The highest BCUT2D eigenvalue weighted by Gasteiger charge is 2.35. The molecule has 0 aliphatic rings. The molecule has 0 aromatic heterocycles. The molecule has 1 aromatic carbocycles. The number of halogens is 1. The number of aliphatic hydroxyl groups is 1. The number of benzene rings is 1. The molecule has 0 heterocycles. The first-order chi connectivity index (χ1) is 8.66. The summed E-state index contributed by atoms with van der Waals surface area (Å²) >= 11 is 3.25. The number of sulfonamides is 1. The average Bonchev–Trinajstić information content (AvgIpc) is 2.37. The molecule has 0 saturated carbocycles. The van der Waals surface area contributed by atoms with Gasteiger partial charge in [-0.1, -0.05) is 15.9 Å². The fourth-order valence-electron chi connectivity index (χ4n) is 1.42. The van der Waals surface area contributed by atoms with Crippen molar-refractivity contribution in [2.75, 3.05) is 20.8 Å². The summed E-state index contributed by atoms with van der Waals surface area (Å²) in [5.41, 5.74) is -0.897. The van der Waals surface area contributed by atoms with Crippen molar-refractivity contribution in [2.24, 2.45) is 0 Å². The van der Waals surface area contributed by atoms with Crippen LogP contribution in [0.2, 0.25) is 0 Å². The van der Waals surface area contributed by atoms with E-state index in [1.807, 2.05) is 0 Å². The Hall–Kier alpha value is -0.630. The van der Waals surface area contributed by atoms with Crippen molar-refractivity contribution in [1.29, 1.82) is 0 Å². The van der Waals surface area contributed by atoms with E-state index in [0.29, 0.717) is 4.47 Å². The second kappa shape index (κ2) is 5.78. The van der Waals surface area contributed by atoms with Crippen LogP contribution in [0, 0.1) is 0 Å². The van der Waals surface area contributed by atoms with E-state index in [9.17, 15) is 13.5 Å². The van der Waals surface area contributed by atoms with Crippen molar-refractivity contribution >= 4 is 26.0 Å². The van der Waals surface area contributed by atoms with Crippen molar-refractivity contribution in [3.63, 3.8) is 0 Å². The zero-order valence-electron chi connectivity index (χ0n) is 11.3. The van der Waals surface area contributed by atoms with E-state index in [4.69, 9.17) is 4.74 Å². The van der Waals surface area contributed by atoms with Crippen LogP contribution in [0.15, 0.2) is 27.6 Å². The van der Waals surface area contributed by atoms with Gasteiger partial charge < -0.3 is 9.84 Å². The Morgan fingerprint density at radius 3 is 2.47 bits per heavy atom. The molecule has 108 valence electrons. The third-order valence-electron chi connectivity index (χ3n) is 3.00. The van der Waals surface area contributed by atoms with E-state index < -0.39 is 15.6 Å². The second-order valence-corrected chi connectivity index (χ2v) is 7.59. The van der Waals surface area contributed by atoms with Gasteiger partial charge in [0.25, 0.3) is 0 Å². The third kappa shape index (κ3) is 3.28. The molecule has 0 unspecified atom stereocenters. The first kappa shape index (κ1) is 16.4. The van der Waals surface area contributed by atoms with Crippen molar-refractivity contribution in [3.8, 4) is 5.75 Å². The molecule has 1 aromatic rings. The normalized spacial score (nSPS) is 12.8. The van der Waals surface area contributed by atoms with Crippen LogP contribution in [0.1, 0.15) is 13.8 Å². The molecular formula is C12H18BrNO4S. The lowest BCUT2D eigenvalue weighted by atomic mass is 10.1. The number of hydrogen-bond donors (Lipinski definition) is 1. The SMILES string of the molecule is COc1ccc(Br)cc1S(=O)(=O)N(C)C(C)(C)CO. The van der Waals surface area contributed by atoms with E-state index in [1.165, 1.54) is 20.2 Å². The molecule has 0 atom stereocenters. The van der Waals surface area contributed by atoms with E-state index in [2.05, 4.69) is 15.9 Å². The maximum atomic E-state index is 12.6. The lowest BCUT2D eigenvalue weighted by Crippen LogP contribution is -2.47. The number of rotatable bonds is 5.